The molecule has 116 valence electrons. The summed E-state index contributed by atoms with van der Waals surface area (Å²) in [6, 6.07) is 11.3. The maximum Gasteiger partial charge on any atom is 0.410 e. The van der Waals surface area contributed by atoms with Crippen LogP contribution in [0.4, 0.5) is 4.79 Å². The first-order valence-corrected chi connectivity index (χ1v) is 7.32. The zero-order valence-electron chi connectivity index (χ0n) is 12.5. The number of rotatable bonds is 4. The van der Waals surface area contributed by atoms with Crippen molar-refractivity contribution >= 4 is 12.0 Å². The van der Waals surface area contributed by atoms with E-state index < -0.39 is 11.8 Å². The molecule has 22 heavy (non-hydrogen) atoms. The molecule has 6 nitrogen and oxygen atoms in total. The quantitative estimate of drug-likeness (QED) is 0.924. The van der Waals surface area contributed by atoms with Gasteiger partial charge in [-0.2, -0.15) is 5.26 Å². The molecule has 6 heteroatoms. The second-order valence-electron chi connectivity index (χ2n) is 5.16. The summed E-state index contributed by atoms with van der Waals surface area (Å²) in [5.74, 6) is -0.151. The standard InChI is InChI=1S/C16H19N3O3/c1-2-14(20)19-10-6-9-16(19,12-17)18-15(21)22-11-13-7-4-3-5-8-13/h3-5,7-8H,2,6,9-11H2,1H3,(H,18,21). The fraction of sp³-hybridized carbons (Fsp3) is 0.438. The third-order valence-electron chi connectivity index (χ3n) is 3.69. The lowest BCUT2D eigenvalue weighted by Crippen LogP contribution is -2.58. The van der Waals surface area contributed by atoms with Crippen LogP contribution < -0.4 is 5.32 Å². The van der Waals surface area contributed by atoms with Crippen LogP contribution in [0.3, 0.4) is 0 Å². The molecule has 1 saturated heterocycles. The van der Waals surface area contributed by atoms with Crippen molar-refractivity contribution in [2.45, 2.75) is 38.5 Å². The zero-order chi connectivity index (χ0) is 16.0. The minimum absolute atomic E-state index is 0.121. The van der Waals surface area contributed by atoms with Gasteiger partial charge in [0.1, 0.15) is 12.7 Å². The van der Waals surface area contributed by atoms with Crippen LogP contribution in [0.5, 0.6) is 0 Å². The van der Waals surface area contributed by atoms with E-state index in [1.807, 2.05) is 30.3 Å². The molecular weight excluding hydrogens is 282 g/mol. The minimum Gasteiger partial charge on any atom is -0.445 e. The number of ether oxygens (including phenoxy) is 1. The number of hydrogen-bond acceptors (Lipinski definition) is 4. The number of amides is 2. The highest BCUT2D eigenvalue weighted by atomic mass is 16.5. The molecule has 0 saturated carbocycles. The van der Waals surface area contributed by atoms with Gasteiger partial charge in [-0.1, -0.05) is 37.3 Å². The van der Waals surface area contributed by atoms with E-state index >= 15 is 0 Å². The third kappa shape index (κ3) is 3.37. The molecule has 1 aliphatic heterocycles. The number of nitrogens with one attached hydrogen (secondary N) is 1. The van der Waals surface area contributed by atoms with Crippen molar-refractivity contribution in [2.75, 3.05) is 6.54 Å². The maximum absolute atomic E-state index is 12.0. The molecule has 1 aliphatic rings. The lowest BCUT2D eigenvalue weighted by Gasteiger charge is -2.32. The van der Waals surface area contributed by atoms with Crippen LogP contribution in [0.1, 0.15) is 31.7 Å². The SMILES string of the molecule is CCC(=O)N1CCCC1(C#N)NC(=O)OCc1ccccc1. The normalized spacial score (nSPS) is 20.3. The molecule has 2 rings (SSSR count). The Morgan fingerprint density at radius 2 is 2.14 bits per heavy atom. The van der Waals surface area contributed by atoms with E-state index in [1.54, 1.807) is 6.92 Å². The van der Waals surface area contributed by atoms with Crippen molar-refractivity contribution in [3.05, 3.63) is 35.9 Å². The number of likely N-dealkylation sites (tertiary alicyclic amines) is 1. The van der Waals surface area contributed by atoms with Gasteiger partial charge >= 0.3 is 6.09 Å². The van der Waals surface area contributed by atoms with Crippen LogP contribution in [0.25, 0.3) is 0 Å². The molecule has 1 fully saturated rings. The number of carbonyl (C=O) groups is 2. The Bertz CT molecular complexity index is 582. The number of benzene rings is 1. The van der Waals surface area contributed by atoms with E-state index in [-0.39, 0.29) is 12.5 Å². The van der Waals surface area contributed by atoms with Gasteiger partial charge in [-0.05, 0) is 12.0 Å². The third-order valence-corrected chi connectivity index (χ3v) is 3.69. The van der Waals surface area contributed by atoms with Crippen LogP contribution in [0.2, 0.25) is 0 Å². The Hall–Kier alpha value is -2.55. The molecule has 0 radical (unpaired) electrons. The molecule has 1 aromatic carbocycles. The van der Waals surface area contributed by atoms with Gasteiger partial charge in [0.05, 0.1) is 0 Å². The van der Waals surface area contributed by atoms with E-state index in [1.165, 1.54) is 4.90 Å². The highest BCUT2D eigenvalue weighted by molar-refractivity contribution is 5.79. The van der Waals surface area contributed by atoms with Crippen LogP contribution in [-0.2, 0) is 16.1 Å². The molecule has 0 bridgehead atoms. The van der Waals surface area contributed by atoms with E-state index in [2.05, 4.69) is 11.4 Å². The van der Waals surface area contributed by atoms with E-state index in [0.29, 0.717) is 25.8 Å². The molecular formula is C16H19N3O3. The van der Waals surface area contributed by atoms with E-state index in [9.17, 15) is 14.9 Å². The molecule has 1 N–H and O–H groups in total. The number of hydrogen-bond donors (Lipinski definition) is 1. The monoisotopic (exact) mass is 301 g/mol. The first-order chi connectivity index (χ1) is 10.6. The average molecular weight is 301 g/mol. The highest BCUT2D eigenvalue weighted by Crippen LogP contribution is 2.27. The van der Waals surface area contributed by atoms with Crippen molar-refractivity contribution in [2.24, 2.45) is 0 Å². The fourth-order valence-electron chi connectivity index (χ4n) is 2.55. The van der Waals surface area contributed by atoms with Crippen molar-refractivity contribution in [1.82, 2.24) is 10.2 Å². The first-order valence-electron chi connectivity index (χ1n) is 7.32. The summed E-state index contributed by atoms with van der Waals surface area (Å²) in [6.07, 6.45) is 0.694. The van der Waals surface area contributed by atoms with E-state index in [4.69, 9.17) is 4.74 Å². The molecule has 0 aliphatic carbocycles. The molecule has 2 amide bonds. The van der Waals surface area contributed by atoms with Crippen molar-refractivity contribution in [1.29, 1.82) is 5.26 Å². The number of alkyl carbamates (subject to hydrolysis) is 1. The Labute approximate surface area is 129 Å². The fourth-order valence-corrected chi connectivity index (χ4v) is 2.55. The number of nitrogens with zero attached hydrogens (tertiary/aromatic N) is 2. The van der Waals surface area contributed by atoms with Gasteiger partial charge in [-0.25, -0.2) is 4.79 Å². The topological polar surface area (TPSA) is 82.4 Å². The van der Waals surface area contributed by atoms with Crippen molar-refractivity contribution in [3.63, 3.8) is 0 Å². The highest BCUT2D eigenvalue weighted by Gasteiger charge is 2.45. The van der Waals surface area contributed by atoms with E-state index in [0.717, 1.165) is 5.56 Å². The molecule has 0 aromatic heterocycles. The van der Waals surface area contributed by atoms with Crippen LogP contribution in [-0.4, -0.2) is 29.1 Å². The Morgan fingerprint density at radius 1 is 1.41 bits per heavy atom. The summed E-state index contributed by atoms with van der Waals surface area (Å²) in [6.45, 7) is 2.33. The Morgan fingerprint density at radius 3 is 2.77 bits per heavy atom. The lowest BCUT2D eigenvalue weighted by molar-refractivity contribution is -0.134. The molecule has 1 atom stereocenters. The predicted octanol–water partition coefficient (Wildman–Crippen LogP) is 2.17. The second-order valence-corrected chi connectivity index (χ2v) is 5.16. The smallest absolute Gasteiger partial charge is 0.410 e. The summed E-state index contributed by atoms with van der Waals surface area (Å²) in [5, 5.41) is 12.0. The zero-order valence-corrected chi connectivity index (χ0v) is 12.5. The largest absolute Gasteiger partial charge is 0.445 e. The van der Waals surface area contributed by atoms with Gasteiger partial charge in [0.2, 0.25) is 11.6 Å². The molecule has 1 heterocycles. The Kier molecular flexibility index (Phi) is 4.99. The molecule has 1 unspecified atom stereocenters. The van der Waals surface area contributed by atoms with Gasteiger partial charge in [-0.3, -0.25) is 10.1 Å². The predicted molar refractivity (Wildman–Crippen MR) is 79.3 cm³/mol. The molecule has 1 aromatic rings. The number of nitriles is 1. The van der Waals surface area contributed by atoms with Gasteiger partial charge < -0.3 is 9.64 Å². The summed E-state index contributed by atoms with van der Waals surface area (Å²) >= 11 is 0. The summed E-state index contributed by atoms with van der Waals surface area (Å²) < 4.78 is 5.14. The van der Waals surface area contributed by atoms with Crippen molar-refractivity contribution in [3.8, 4) is 6.07 Å². The minimum atomic E-state index is -1.29. The number of carbonyl (C=O) groups excluding carboxylic acids is 2. The van der Waals surface area contributed by atoms with Gasteiger partial charge in [0.15, 0.2) is 0 Å². The van der Waals surface area contributed by atoms with Crippen LogP contribution in [0.15, 0.2) is 30.3 Å². The summed E-state index contributed by atoms with van der Waals surface area (Å²) in [7, 11) is 0. The van der Waals surface area contributed by atoms with Crippen molar-refractivity contribution < 1.29 is 14.3 Å². The van der Waals surface area contributed by atoms with Crippen LogP contribution in [0, 0.1) is 11.3 Å². The molecule has 0 spiro atoms. The summed E-state index contributed by atoms with van der Waals surface area (Å²) in [4.78, 5) is 25.3. The average Bonchev–Trinajstić information content (AvgIpc) is 2.97. The second kappa shape index (κ2) is 6.94. The van der Waals surface area contributed by atoms with Gasteiger partial charge in [0.25, 0.3) is 0 Å². The van der Waals surface area contributed by atoms with Crippen LogP contribution >= 0.6 is 0 Å². The summed E-state index contributed by atoms with van der Waals surface area (Å²) in [5.41, 5.74) is -0.433. The lowest BCUT2D eigenvalue weighted by atomic mass is 10.1. The van der Waals surface area contributed by atoms with Gasteiger partial charge in [-0.15, -0.1) is 0 Å². The Balaban J connectivity index is 1.99. The maximum atomic E-state index is 12.0. The first kappa shape index (κ1) is 15.8. The van der Waals surface area contributed by atoms with Gasteiger partial charge in [0, 0.05) is 19.4 Å².